The first-order valence-electron chi connectivity index (χ1n) is 2.48. The first kappa shape index (κ1) is 6.49. The number of halogens is 2. The maximum atomic E-state index is 12.2. The van der Waals surface area contributed by atoms with Crippen LogP contribution in [0.2, 0.25) is 5.02 Å². The third kappa shape index (κ3) is 1.39. The Morgan fingerprint density at radius 3 is 2.78 bits per heavy atom. The summed E-state index contributed by atoms with van der Waals surface area (Å²) in [7, 11) is 0. The van der Waals surface area contributed by atoms with Crippen LogP contribution in [0.1, 0.15) is 5.56 Å². The van der Waals surface area contributed by atoms with Crippen molar-refractivity contribution < 1.29 is 4.39 Å². The fourth-order valence-corrected chi connectivity index (χ4v) is 0.608. The molecule has 9 heavy (non-hydrogen) atoms. The maximum Gasteiger partial charge on any atom is 0.213 e. The minimum atomic E-state index is -0.489. The largest absolute Gasteiger partial charge is 0.227 e. The van der Waals surface area contributed by atoms with E-state index in [9.17, 15) is 4.39 Å². The van der Waals surface area contributed by atoms with E-state index in [-0.39, 0.29) is 0 Å². The third-order valence-corrected chi connectivity index (χ3v) is 1.41. The van der Waals surface area contributed by atoms with E-state index in [2.05, 4.69) is 4.98 Å². The van der Waals surface area contributed by atoms with Crippen molar-refractivity contribution in [3.8, 4) is 0 Å². The van der Waals surface area contributed by atoms with Crippen LogP contribution < -0.4 is 0 Å². The van der Waals surface area contributed by atoms with Gasteiger partial charge in [-0.05, 0) is 18.6 Å². The highest BCUT2D eigenvalue weighted by molar-refractivity contribution is 6.31. The Morgan fingerprint density at radius 1 is 1.67 bits per heavy atom. The summed E-state index contributed by atoms with van der Waals surface area (Å²) in [6, 6.07) is 1.29. The summed E-state index contributed by atoms with van der Waals surface area (Å²) in [6.45, 7) is 1.73. The minimum Gasteiger partial charge on any atom is -0.227 e. The fourth-order valence-electron chi connectivity index (χ4n) is 0.505. The lowest BCUT2D eigenvalue weighted by molar-refractivity contribution is 0.582. The lowest BCUT2D eigenvalue weighted by Gasteiger charge is -1.93. The Balaban J connectivity index is 3.17. The van der Waals surface area contributed by atoms with Gasteiger partial charge < -0.3 is 0 Å². The lowest BCUT2D eigenvalue weighted by atomic mass is 10.3. The van der Waals surface area contributed by atoms with Crippen molar-refractivity contribution in [3.63, 3.8) is 0 Å². The second kappa shape index (κ2) is 2.31. The summed E-state index contributed by atoms with van der Waals surface area (Å²) in [5.74, 6) is -0.489. The maximum absolute atomic E-state index is 12.2. The van der Waals surface area contributed by atoms with Gasteiger partial charge in [-0.25, -0.2) is 4.98 Å². The normalized spacial score (nSPS) is 9.67. The second-order valence-electron chi connectivity index (χ2n) is 1.76. The van der Waals surface area contributed by atoms with Crippen molar-refractivity contribution in [2.24, 2.45) is 0 Å². The first-order valence-corrected chi connectivity index (χ1v) is 2.85. The van der Waals surface area contributed by atoms with Gasteiger partial charge in [0.05, 0.1) is 5.02 Å². The van der Waals surface area contributed by atoms with Crippen molar-refractivity contribution in [1.82, 2.24) is 4.98 Å². The van der Waals surface area contributed by atoms with Crippen LogP contribution in [0, 0.1) is 12.9 Å². The topological polar surface area (TPSA) is 12.9 Å². The Morgan fingerprint density at radius 2 is 2.33 bits per heavy atom. The van der Waals surface area contributed by atoms with Gasteiger partial charge in [0.1, 0.15) is 0 Å². The molecule has 0 N–H and O–H groups in total. The van der Waals surface area contributed by atoms with E-state index < -0.39 is 5.95 Å². The van der Waals surface area contributed by atoms with Gasteiger partial charge in [-0.2, -0.15) is 4.39 Å². The SMILES string of the molecule is Cc1cc(F)ncc1Cl. The van der Waals surface area contributed by atoms with Gasteiger partial charge >= 0.3 is 0 Å². The molecular weight excluding hydrogens is 141 g/mol. The molecule has 0 aliphatic rings. The van der Waals surface area contributed by atoms with Crippen molar-refractivity contribution in [2.75, 3.05) is 0 Å². The quantitative estimate of drug-likeness (QED) is 0.510. The first-order chi connectivity index (χ1) is 4.20. The predicted octanol–water partition coefficient (Wildman–Crippen LogP) is 2.18. The van der Waals surface area contributed by atoms with Crippen molar-refractivity contribution in [1.29, 1.82) is 0 Å². The zero-order valence-corrected chi connectivity index (χ0v) is 5.61. The van der Waals surface area contributed by atoms with E-state index in [0.717, 1.165) is 0 Å². The van der Waals surface area contributed by atoms with Crippen LogP contribution in [0.3, 0.4) is 0 Å². The zero-order valence-electron chi connectivity index (χ0n) is 4.86. The molecule has 0 spiro atoms. The number of aryl methyl sites for hydroxylation is 1. The van der Waals surface area contributed by atoms with Gasteiger partial charge in [-0.3, -0.25) is 0 Å². The lowest BCUT2D eigenvalue weighted by Crippen LogP contribution is -1.82. The van der Waals surface area contributed by atoms with Crippen LogP contribution in [0.5, 0.6) is 0 Å². The smallest absolute Gasteiger partial charge is 0.213 e. The number of rotatable bonds is 0. The Kier molecular flexibility index (Phi) is 1.67. The molecule has 0 saturated heterocycles. The molecule has 1 nitrogen and oxygen atoms in total. The van der Waals surface area contributed by atoms with E-state index >= 15 is 0 Å². The van der Waals surface area contributed by atoms with E-state index in [1.807, 2.05) is 0 Å². The molecule has 0 aliphatic carbocycles. The summed E-state index contributed by atoms with van der Waals surface area (Å²) >= 11 is 5.55. The highest BCUT2D eigenvalue weighted by Gasteiger charge is 1.95. The Hall–Kier alpha value is -0.630. The number of pyridine rings is 1. The molecular formula is C6H5ClFN. The summed E-state index contributed by atoms with van der Waals surface area (Å²) in [4.78, 5) is 3.34. The number of hydrogen-bond donors (Lipinski definition) is 0. The Labute approximate surface area is 57.5 Å². The average Bonchev–Trinajstić information content (AvgIpc) is 1.80. The zero-order chi connectivity index (χ0) is 6.85. The van der Waals surface area contributed by atoms with Crippen LogP contribution >= 0.6 is 11.6 Å². The molecule has 0 saturated carbocycles. The molecule has 0 aromatic carbocycles. The molecule has 0 fully saturated rings. The number of aromatic nitrogens is 1. The molecule has 48 valence electrons. The van der Waals surface area contributed by atoms with Gasteiger partial charge in [0.15, 0.2) is 0 Å². The van der Waals surface area contributed by atoms with Crippen molar-refractivity contribution in [2.45, 2.75) is 6.92 Å². The van der Waals surface area contributed by atoms with Crippen LogP contribution in [0.4, 0.5) is 4.39 Å². The molecule has 1 rings (SSSR count). The van der Waals surface area contributed by atoms with E-state index in [4.69, 9.17) is 11.6 Å². The minimum absolute atomic E-state index is 0.489. The molecule has 3 heteroatoms. The molecule has 1 aromatic heterocycles. The Bertz CT molecular complexity index is 224. The molecule has 0 radical (unpaired) electrons. The molecule has 0 amide bonds. The number of nitrogens with zero attached hydrogens (tertiary/aromatic N) is 1. The standard InChI is InChI=1S/C6H5ClFN/c1-4-2-6(8)9-3-5(4)7/h2-3H,1H3. The van der Waals surface area contributed by atoms with Crippen molar-refractivity contribution >= 4 is 11.6 Å². The third-order valence-electron chi connectivity index (χ3n) is 1.01. The van der Waals surface area contributed by atoms with Crippen LogP contribution in [-0.4, -0.2) is 4.98 Å². The van der Waals surface area contributed by atoms with E-state index in [1.165, 1.54) is 12.3 Å². The van der Waals surface area contributed by atoms with Crippen LogP contribution in [-0.2, 0) is 0 Å². The van der Waals surface area contributed by atoms with Crippen molar-refractivity contribution in [3.05, 3.63) is 28.8 Å². The summed E-state index contributed by atoms with van der Waals surface area (Å²) in [5, 5.41) is 0.497. The van der Waals surface area contributed by atoms with E-state index in [0.29, 0.717) is 10.6 Å². The molecule has 0 atom stereocenters. The van der Waals surface area contributed by atoms with E-state index in [1.54, 1.807) is 6.92 Å². The monoisotopic (exact) mass is 145 g/mol. The van der Waals surface area contributed by atoms with Gasteiger partial charge in [0.2, 0.25) is 5.95 Å². The second-order valence-corrected chi connectivity index (χ2v) is 2.16. The van der Waals surface area contributed by atoms with Crippen LogP contribution in [0.15, 0.2) is 12.3 Å². The molecule has 1 heterocycles. The highest BCUT2D eigenvalue weighted by Crippen LogP contribution is 2.12. The van der Waals surface area contributed by atoms with Gasteiger partial charge in [0.25, 0.3) is 0 Å². The molecule has 0 aliphatic heterocycles. The molecule has 0 unspecified atom stereocenters. The molecule has 1 aromatic rings. The number of hydrogen-bond acceptors (Lipinski definition) is 1. The van der Waals surface area contributed by atoms with Crippen LogP contribution in [0.25, 0.3) is 0 Å². The summed E-state index contributed by atoms with van der Waals surface area (Å²) in [5.41, 5.74) is 0.712. The van der Waals surface area contributed by atoms with Gasteiger partial charge in [0, 0.05) is 6.20 Å². The summed E-state index contributed by atoms with van der Waals surface area (Å²) < 4.78 is 12.2. The molecule has 0 bridgehead atoms. The predicted molar refractivity (Wildman–Crippen MR) is 33.9 cm³/mol. The average molecular weight is 146 g/mol. The highest BCUT2D eigenvalue weighted by atomic mass is 35.5. The van der Waals surface area contributed by atoms with Gasteiger partial charge in [-0.15, -0.1) is 0 Å². The van der Waals surface area contributed by atoms with Gasteiger partial charge in [-0.1, -0.05) is 11.6 Å². The fraction of sp³-hybridized carbons (Fsp3) is 0.167. The summed E-state index contributed by atoms with van der Waals surface area (Å²) in [6.07, 6.45) is 1.30.